The Morgan fingerprint density at radius 1 is 0.184 bits per heavy atom. The number of rotatable bonds is 16. The van der Waals surface area contributed by atoms with Crippen LogP contribution in [0.3, 0.4) is 0 Å². The van der Waals surface area contributed by atoms with Crippen molar-refractivity contribution in [3.05, 3.63) is 455 Å². The molecule has 0 atom stereocenters. The van der Waals surface area contributed by atoms with E-state index in [9.17, 15) is 0 Å². The van der Waals surface area contributed by atoms with E-state index >= 15 is 0 Å². The molecule has 1 aliphatic carbocycles. The van der Waals surface area contributed by atoms with Crippen LogP contribution in [0.1, 0.15) is 13.7 Å². The lowest BCUT2D eigenvalue weighted by atomic mass is 9.99. The Balaban J connectivity index is 0.000000157. The van der Waals surface area contributed by atoms with Gasteiger partial charge in [0.05, 0.1) is 37.0 Å². The van der Waals surface area contributed by atoms with Crippen LogP contribution in [0.15, 0.2) is 455 Å². The van der Waals surface area contributed by atoms with Crippen molar-refractivity contribution in [1.29, 1.82) is 0 Å². The Morgan fingerprint density at radius 2 is 0.526 bits per heavy atom. The number of pyridine rings is 1. The summed E-state index contributed by atoms with van der Waals surface area (Å²) in [7, 11) is 0. The van der Waals surface area contributed by atoms with Crippen LogP contribution >= 0.6 is 0 Å². The molecule has 1 heterocycles. The van der Waals surface area contributed by atoms with E-state index in [1.54, 1.807) is 24.3 Å². The van der Waals surface area contributed by atoms with E-state index in [4.69, 9.17) is 18.7 Å². The first-order valence-corrected chi connectivity index (χ1v) is 38.1. The number of fused-ring (bicyclic) bond motifs is 8. The van der Waals surface area contributed by atoms with Crippen LogP contribution in [0, 0.1) is 0 Å². The smallest absolute Gasteiger partial charge is 0.0723 e. The standard InChI is InChI=1S/C57H37N3.C52H38N2/c1-2-13-43(14-3-1)59(46-31-32-48-41(35-46)22-21-40-11-4-6-15-47(40)48)44-27-23-38(24-28-44)39-25-29-45(30-26-39)60(56-37-58-36-42-12-5-7-16-49(42)56)55-34-33-53-51-18-9-8-17-50(51)52-19-10-20-54(55)57(52)53;1-4-13-39(14-5-1)41-23-31-47(32-24-41)53(46-19-8-3-9-20-46)48-33-25-43(26-34-48)44-29-37-50(38-30-44)54(52-22-12-18-45-17-10-11-21-51(45)52)49-35-27-42(28-36-49)40-15-6-2-7-16-40/h1-37H;1-38H/i;1D,2D,4D,5D,6D,7D,13D,14D,15D,16D. The van der Waals surface area contributed by atoms with Crippen LogP contribution in [-0.2, 0) is 0 Å². The average molecular weight is 1460 g/mol. The quantitative estimate of drug-likeness (QED) is 0.0898. The van der Waals surface area contributed by atoms with Gasteiger partial charge in [0.1, 0.15) is 0 Å². The fraction of sp³-hybridized carbons (Fsp3) is 0. The van der Waals surface area contributed by atoms with Crippen molar-refractivity contribution in [2.45, 2.75) is 0 Å². The first kappa shape index (κ1) is 57.9. The van der Waals surface area contributed by atoms with Gasteiger partial charge in [0, 0.05) is 78.9 Å². The Morgan fingerprint density at radius 3 is 1.05 bits per heavy atom. The molecule has 5 nitrogen and oxygen atoms in total. The number of para-hydroxylation sites is 2. The molecule has 0 fully saturated rings. The minimum Gasteiger partial charge on any atom is -0.311 e. The number of nitrogens with zero attached hydrogens (tertiary/aromatic N) is 5. The van der Waals surface area contributed by atoms with Crippen molar-refractivity contribution in [1.82, 2.24) is 4.98 Å². The maximum absolute atomic E-state index is 8.52. The van der Waals surface area contributed by atoms with Crippen LogP contribution < -0.4 is 19.6 Å². The van der Waals surface area contributed by atoms with Crippen LogP contribution in [0.25, 0.3) is 121 Å². The highest BCUT2D eigenvalue weighted by atomic mass is 15.2. The summed E-state index contributed by atoms with van der Waals surface area (Å²) in [6.45, 7) is 0. The van der Waals surface area contributed by atoms with Gasteiger partial charge in [0.15, 0.2) is 0 Å². The fourth-order valence-corrected chi connectivity index (χ4v) is 16.2. The molecule has 0 spiro atoms. The van der Waals surface area contributed by atoms with Gasteiger partial charge in [-0.05, 0) is 220 Å². The molecule has 536 valence electrons. The van der Waals surface area contributed by atoms with Crippen LogP contribution in [0.4, 0.5) is 68.2 Å². The third-order valence-electron chi connectivity index (χ3n) is 21.7. The zero-order chi connectivity index (χ0) is 84.4. The molecule has 1 aromatic heterocycles. The van der Waals surface area contributed by atoms with Crippen molar-refractivity contribution in [2.75, 3.05) is 19.6 Å². The van der Waals surface area contributed by atoms with E-state index in [2.05, 4.69) is 305 Å². The third-order valence-corrected chi connectivity index (χ3v) is 21.7. The summed E-state index contributed by atoms with van der Waals surface area (Å²) in [6.07, 6.45) is 3.96. The molecule has 0 aliphatic heterocycles. The monoisotopic (exact) mass is 1460 g/mol. The Hall–Kier alpha value is -15.2. The second-order valence-electron chi connectivity index (χ2n) is 28.3. The van der Waals surface area contributed by atoms with Gasteiger partial charge in [-0.3, -0.25) is 4.98 Å². The molecule has 0 saturated carbocycles. The van der Waals surface area contributed by atoms with Gasteiger partial charge in [0.2, 0.25) is 0 Å². The zero-order valence-corrected chi connectivity index (χ0v) is 61.8. The molecule has 0 radical (unpaired) electrons. The van der Waals surface area contributed by atoms with Crippen molar-refractivity contribution in [2.24, 2.45) is 0 Å². The minimum absolute atomic E-state index is 0.154. The molecular formula is C109H75N5. The molecule has 0 saturated heterocycles. The Kier molecular flexibility index (Phi) is 15.2. The van der Waals surface area contributed by atoms with Crippen molar-refractivity contribution < 1.29 is 13.7 Å². The van der Waals surface area contributed by atoms with Crippen LogP contribution in [0.2, 0.25) is 0 Å². The number of benzene rings is 19. The molecule has 1 aliphatic rings. The largest absolute Gasteiger partial charge is 0.311 e. The Labute approximate surface area is 678 Å². The summed E-state index contributed by atoms with van der Waals surface area (Å²) >= 11 is 0. The zero-order valence-electron chi connectivity index (χ0n) is 71.8. The summed E-state index contributed by atoms with van der Waals surface area (Å²) in [4.78, 5) is 13.7. The van der Waals surface area contributed by atoms with E-state index < -0.39 is 12.1 Å². The maximum atomic E-state index is 8.52. The lowest BCUT2D eigenvalue weighted by Gasteiger charge is -2.28. The SMILES string of the molecule is [2H]c1c([2H])c([2H])c(-c2ccc(N(c3ccccc3)c3ccc(-c4ccc(N(c5ccc(-c6c([2H])c([2H])c([2H])c([2H])c6[2H])cc5)c5cccc6ccccc56)cc4)cc3)cc2)c([2H])c1[2H].c1ccc(N(c2ccc(-c3ccc(N(c4cncc5ccccc45)c4ccc5c6c(cccc46)-c4ccccc4-5)cc3)cc2)c2ccc3c(ccc4ccccc43)c2)cc1. The highest BCUT2D eigenvalue weighted by Gasteiger charge is 2.27. The predicted molar refractivity (Wildman–Crippen MR) is 483 cm³/mol. The van der Waals surface area contributed by atoms with Gasteiger partial charge < -0.3 is 19.6 Å². The molecule has 21 rings (SSSR count). The van der Waals surface area contributed by atoms with Crippen LogP contribution in [0.5, 0.6) is 0 Å². The maximum Gasteiger partial charge on any atom is 0.0723 e. The first-order valence-electron chi connectivity index (χ1n) is 43.1. The number of anilines is 12. The van der Waals surface area contributed by atoms with Gasteiger partial charge in [-0.15, -0.1) is 0 Å². The average Bonchev–Trinajstić information content (AvgIpc) is 1.56. The summed E-state index contributed by atoms with van der Waals surface area (Å²) < 4.78 is 82.7. The van der Waals surface area contributed by atoms with E-state index in [-0.39, 0.29) is 59.5 Å². The second kappa shape index (κ2) is 30.0. The number of aromatic nitrogens is 1. The molecule has 0 bridgehead atoms. The molecule has 20 aromatic rings. The number of hydrogen-bond donors (Lipinski definition) is 0. The lowest BCUT2D eigenvalue weighted by molar-refractivity contribution is 1.26. The highest BCUT2D eigenvalue weighted by Crippen LogP contribution is 2.52. The summed E-state index contributed by atoms with van der Waals surface area (Å²) in [6, 6.07) is 129. The second-order valence-corrected chi connectivity index (χ2v) is 28.3. The van der Waals surface area contributed by atoms with Gasteiger partial charge in [-0.25, -0.2) is 0 Å². The molecule has 0 N–H and O–H groups in total. The summed E-state index contributed by atoms with van der Waals surface area (Å²) in [5.74, 6) is 0. The van der Waals surface area contributed by atoms with Crippen molar-refractivity contribution >= 4 is 122 Å². The molecule has 19 aromatic carbocycles. The van der Waals surface area contributed by atoms with E-state index in [0.29, 0.717) is 11.1 Å². The van der Waals surface area contributed by atoms with Gasteiger partial charge >= 0.3 is 0 Å². The predicted octanol–water partition coefficient (Wildman–Crippen LogP) is 30.7. The van der Waals surface area contributed by atoms with Crippen molar-refractivity contribution in [3.63, 3.8) is 0 Å². The molecular weight excluding hydrogens is 1380 g/mol. The fourth-order valence-electron chi connectivity index (χ4n) is 16.2. The first-order chi connectivity index (χ1) is 60.7. The summed E-state index contributed by atoms with van der Waals surface area (Å²) in [5.41, 5.74) is 22.7. The van der Waals surface area contributed by atoms with Gasteiger partial charge in [-0.2, -0.15) is 0 Å². The third kappa shape index (κ3) is 13.0. The molecule has 0 unspecified atom stereocenters. The van der Waals surface area contributed by atoms with Gasteiger partial charge in [0.25, 0.3) is 0 Å². The van der Waals surface area contributed by atoms with E-state index in [0.717, 1.165) is 112 Å². The van der Waals surface area contributed by atoms with E-state index in [1.165, 1.54) is 54.6 Å². The minimum atomic E-state index is -0.424. The topological polar surface area (TPSA) is 25.9 Å². The number of hydrogen-bond acceptors (Lipinski definition) is 5. The highest BCUT2D eigenvalue weighted by molar-refractivity contribution is 6.20. The summed E-state index contributed by atoms with van der Waals surface area (Å²) in [5, 5.41) is 11.9. The van der Waals surface area contributed by atoms with Gasteiger partial charge in [-0.1, -0.05) is 321 Å². The van der Waals surface area contributed by atoms with Crippen molar-refractivity contribution in [3.8, 4) is 66.8 Å². The lowest BCUT2D eigenvalue weighted by Crippen LogP contribution is -2.11. The molecule has 114 heavy (non-hydrogen) atoms. The Bertz CT molecular complexity index is 7430. The normalized spacial score (nSPS) is 12.6. The van der Waals surface area contributed by atoms with Crippen LogP contribution in [-0.4, -0.2) is 4.98 Å². The molecule has 5 heteroatoms. The molecule has 0 amide bonds. The van der Waals surface area contributed by atoms with E-state index in [1.807, 2.05) is 85.2 Å².